The Kier molecular flexibility index (Phi) is 5.96. The zero-order chi connectivity index (χ0) is 22.9. The lowest BCUT2D eigenvalue weighted by Crippen LogP contribution is -2.13. The van der Waals surface area contributed by atoms with Gasteiger partial charge in [-0.25, -0.2) is 4.98 Å². The molecule has 0 bridgehead atoms. The van der Waals surface area contributed by atoms with Crippen molar-refractivity contribution in [1.29, 1.82) is 0 Å². The van der Waals surface area contributed by atoms with E-state index < -0.39 is 0 Å². The molecule has 5 aromatic rings. The van der Waals surface area contributed by atoms with Crippen LogP contribution in [-0.4, -0.2) is 21.2 Å². The van der Waals surface area contributed by atoms with E-state index in [2.05, 4.69) is 90.4 Å². The lowest BCUT2D eigenvalue weighted by atomic mass is 10.1. The minimum atomic E-state index is -0.0397. The van der Waals surface area contributed by atoms with Crippen molar-refractivity contribution >= 4 is 55.3 Å². The van der Waals surface area contributed by atoms with E-state index in [9.17, 15) is 4.79 Å². The van der Waals surface area contributed by atoms with E-state index in [0.717, 1.165) is 21.7 Å². The van der Waals surface area contributed by atoms with Gasteiger partial charge in [0, 0.05) is 28.5 Å². The molecule has 1 N–H and O–H groups in total. The normalized spacial score (nSPS) is 11.4. The Bertz CT molecular complexity index is 1480. The highest BCUT2D eigenvalue weighted by Gasteiger charge is 2.13. The number of hydrogen-bond acceptors (Lipinski definition) is 4. The average molecular weight is 472 g/mol. The summed E-state index contributed by atoms with van der Waals surface area (Å²) in [4.78, 5) is 18.3. The summed E-state index contributed by atoms with van der Waals surface area (Å²) < 4.78 is 3.38. The van der Waals surface area contributed by atoms with E-state index in [0.29, 0.717) is 10.9 Å². The predicted molar refractivity (Wildman–Crippen MR) is 141 cm³/mol. The van der Waals surface area contributed by atoms with Crippen LogP contribution in [0.5, 0.6) is 0 Å². The summed E-state index contributed by atoms with van der Waals surface area (Å²) in [5.41, 5.74) is 7.17. The SMILES string of the molecule is Cc1ccc(C)c(Cn2cc(SCC(=O)Nc3nc4ccc(C)cc4s3)c3ccccc32)c1. The van der Waals surface area contributed by atoms with Gasteiger partial charge in [-0.3, -0.25) is 4.79 Å². The molecular weight excluding hydrogens is 446 g/mol. The summed E-state index contributed by atoms with van der Waals surface area (Å²) in [5.74, 6) is 0.300. The molecule has 0 fully saturated rings. The summed E-state index contributed by atoms with van der Waals surface area (Å²) in [5, 5.41) is 4.80. The van der Waals surface area contributed by atoms with Gasteiger partial charge in [0.2, 0.25) is 5.91 Å². The summed E-state index contributed by atoms with van der Waals surface area (Å²) in [6.45, 7) is 7.16. The number of thioether (sulfide) groups is 1. The zero-order valence-electron chi connectivity index (χ0n) is 18.9. The van der Waals surface area contributed by atoms with Crippen LogP contribution in [-0.2, 0) is 11.3 Å². The Morgan fingerprint density at radius 2 is 1.82 bits per heavy atom. The number of rotatable bonds is 6. The first-order valence-electron chi connectivity index (χ1n) is 10.9. The largest absolute Gasteiger partial charge is 0.342 e. The molecule has 0 aliphatic heterocycles. The first kappa shape index (κ1) is 21.7. The van der Waals surface area contributed by atoms with E-state index in [4.69, 9.17) is 0 Å². The fourth-order valence-corrected chi connectivity index (χ4v) is 5.87. The van der Waals surface area contributed by atoms with Crippen molar-refractivity contribution in [2.24, 2.45) is 0 Å². The number of amides is 1. The van der Waals surface area contributed by atoms with Crippen LogP contribution in [0.1, 0.15) is 22.3 Å². The zero-order valence-corrected chi connectivity index (χ0v) is 20.5. The summed E-state index contributed by atoms with van der Waals surface area (Å²) >= 11 is 3.08. The van der Waals surface area contributed by atoms with Gasteiger partial charge in [-0.15, -0.1) is 11.8 Å². The van der Waals surface area contributed by atoms with E-state index >= 15 is 0 Å². The number of benzene rings is 3. The first-order chi connectivity index (χ1) is 16.0. The van der Waals surface area contributed by atoms with Crippen molar-refractivity contribution in [2.75, 3.05) is 11.1 Å². The van der Waals surface area contributed by atoms with Crippen LogP contribution in [0.4, 0.5) is 5.13 Å². The fraction of sp³-hybridized carbons (Fsp3) is 0.185. The molecule has 2 heterocycles. The van der Waals surface area contributed by atoms with Gasteiger partial charge < -0.3 is 9.88 Å². The average Bonchev–Trinajstić information content (AvgIpc) is 3.35. The number of nitrogens with one attached hydrogen (secondary N) is 1. The first-order valence-corrected chi connectivity index (χ1v) is 12.7. The van der Waals surface area contributed by atoms with E-state index in [-0.39, 0.29) is 5.91 Å². The lowest BCUT2D eigenvalue weighted by molar-refractivity contribution is -0.113. The molecule has 0 aliphatic carbocycles. The van der Waals surface area contributed by atoms with E-state index in [1.54, 1.807) is 11.8 Å². The van der Waals surface area contributed by atoms with Gasteiger partial charge >= 0.3 is 0 Å². The summed E-state index contributed by atoms with van der Waals surface area (Å²) in [6.07, 6.45) is 2.17. The summed E-state index contributed by atoms with van der Waals surface area (Å²) in [7, 11) is 0. The molecule has 166 valence electrons. The van der Waals surface area contributed by atoms with Crippen LogP contribution in [0.2, 0.25) is 0 Å². The molecule has 33 heavy (non-hydrogen) atoms. The molecule has 6 heteroatoms. The van der Waals surface area contributed by atoms with Gasteiger partial charge in [0.05, 0.1) is 16.0 Å². The maximum Gasteiger partial charge on any atom is 0.236 e. The number of carbonyl (C=O) groups is 1. The Balaban J connectivity index is 1.33. The molecule has 4 nitrogen and oxygen atoms in total. The molecule has 0 spiro atoms. The van der Waals surface area contributed by atoms with E-state index in [1.165, 1.54) is 44.5 Å². The molecule has 0 saturated heterocycles. The lowest BCUT2D eigenvalue weighted by Gasteiger charge is -2.09. The van der Waals surface area contributed by atoms with Crippen molar-refractivity contribution < 1.29 is 4.79 Å². The predicted octanol–water partition coefficient (Wildman–Crippen LogP) is 6.96. The number of anilines is 1. The van der Waals surface area contributed by atoms with Crippen LogP contribution < -0.4 is 5.32 Å². The number of aromatic nitrogens is 2. The molecule has 1 amide bonds. The quantitative estimate of drug-likeness (QED) is 0.272. The van der Waals surface area contributed by atoms with Crippen molar-refractivity contribution in [3.05, 3.63) is 89.1 Å². The van der Waals surface area contributed by atoms with Gasteiger partial charge in [0.15, 0.2) is 5.13 Å². The second-order valence-corrected chi connectivity index (χ2v) is 10.4. The van der Waals surface area contributed by atoms with E-state index in [1.807, 2.05) is 12.1 Å². The van der Waals surface area contributed by atoms with Crippen LogP contribution in [0.3, 0.4) is 0 Å². The van der Waals surface area contributed by atoms with Crippen molar-refractivity contribution in [3.8, 4) is 0 Å². The van der Waals surface area contributed by atoms with Gasteiger partial charge in [-0.1, -0.05) is 59.4 Å². The molecule has 0 saturated carbocycles. The topological polar surface area (TPSA) is 46.9 Å². The third kappa shape index (κ3) is 4.68. The number of hydrogen-bond donors (Lipinski definition) is 1. The number of nitrogens with zero attached hydrogens (tertiary/aromatic N) is 2. The molecule has 0 unspecified atom stereocenters. The van der Waals surface area contributed by atoms with Crippen LogP contribution in [0.25, 0.3) is 21.1 Å². The molecular formula is C27H25N3OS2. The van der Waals surface area contributed by atoms with Crippen LogP contribution in [0.15, 0.2) is 71.8 Å². The number of carbonyl (C=O) groups excluding carboxylic acids is 1. The van der Waals surface area contributed by atoms with Crippen molar-refractivity contribution in [2.45, 2.75) is 32.2 Å². The Morgan fingerprint density at radius 3 is 2.70 bits per heavy atom. The molecule has 0 radical (unpaired) electrons. The molecule has 0 atom stereocenters. The Hall–Kier alpha value is -3.09. The van der Waals surface area contributed by atoms with Crippen LogP contribution >= 0.6 is 23.1 Å². The van der Waals surface area contributed by atoms with Crippen molar-refractivity contribution in [1.82, 2.24) is 9.55 Å². The smallest absolute Gasteiger partial charge is 0.236 e. The standard InChI is InChI=1S/C27H25N3OS2/c1-17-8-10-19(3)20(12-17)14-30-15-25(21-6-4-5-7-23(21)30)32-16-26(31)29-27-28-22-11-9-18(2)13-24(22)33-27/h4-13,15H,14,16H2,1-3H3,(H,28,29,31). The fourth-order valence-electron chi connectivity index (χ4n) is 4.00. The maximum absolute atomic E-state index is 12.7. The highest BCUT2D eigenvalue weighted by atomic mass is 32.2. The Morgan fingerprint density at radius 1 is 1.03 bits per heavy atom. The number of thiazole rings is 1. The van der Waals surface area contributed by atoms with Crippen LogP contribution in [0, 0.1) is 20.8 Å². The third-order valence-corrected chi connectivity index (χ3v) is 7.72. The second kappa shape index (κ2) is 9.04. The van der Waals surface area contributed by atoms with Crippen molar-refractivity contribution in [3.63, 3.8) is 0 Å². The summed E-state index contributed by atoms with van der Waals surface area (Å²) in [6, 6.07) is 21.1. The number of fused-ring (bicyclic) bond motifs is 2. The second-order valence-electron chi connectivity index (χ2n) is 8.40. The molecule has 3 aromatic carbocycles. The monoisotopic (exact) mass is 471 g/mol. The maximum atomic E-state index is 12.7. The molecule has 5 rings (SSSR count). The van der Waals surface area contributed by atoms with Gasteiger partial charge in [-0.2, -0.15) is 0 Å². The number of para-hydroxylation sites is 1. The number of aryl methyl sites for hydroxylation is 3. The minimum Gasteiger partial charge on any atom is -0.342 e. The molecule has 2 aromatic heterocycles. The van der Waals surface area contributed by atoms with Gasteiger partial charge in [-0.05, 0) is 55.7 Å². The third-order valence-electron chi connectivity index (χ3n) is 5.75. The Labute approximate surface area is 201 Å². The minimum absolute atomic E-state index is 0.0397. The molecule has 0 aliphatic rings. The highest BCUT2D eigenvalue weighted by molar-refractivity contribution is 8.00. The highest BCUT2D eigenvalue weighted by Crippen LogP contribution is 2.32. The van der Waals surface area contributed by atoms with Gasteiger partial charge in [0.1, 0.15) is 0 Å². The van der Waals surface area contributed by atoms with Gasteiger partial charge in [0.25, 0.3) is 0 Å².